The highest BCUT2D eigenvalue weighted by Crippen LogP contribution is 2.25. The van der Waals surface area contributed by atoms with E-state index in [4.69, 9.17) is 16.3 Å². The molecule has 0 fully saturated rings. The lowest BCUT2D eigenvalue weighted by Gasteiger charge is -2.09. The maximum absolute atomic E-state index is 13.6. The van der Waals surface area contributed by atoms with Gasteiger partial charge in [-0.15, -0.1) is 0 Å². The lowest BCUT2D eigenvalue weighted by molar-refractivity contribution is 0.102. The zero-order valence-corrected chi connectivity index (χ0v) is 11.2. The maximum Gasteiger partial charge on any atom is 0.259 e. The molecule has 0 saturated carbocycles. The summed E-state index contributed by atoms with van der Waals surface area (Å²) in [5.41, 5.74) is -0.0414. The fraction of sp³-hybridized carbons (Fsp3) is 0.0714. The van der Waals surface area contributed by atoms with Crippen molar-refractivity contribution in [1.82, 2.24) is 0 Å². The van der Waals surface area contributed by atoms with E-state index in [0.717, 1.165) is 0 Å². The van der Waals surface area contributed by atoms with E-state index in [2.05, 4.69) is 5.32 Å². The summed E-state index contributed by atoms with van der Waals surface area (Å²) in [5, 5.41) is 12.3. The van der Waals surface area contributed by atoms with Crippen molar-refractivity contribution in [3.8, 4) is 11.5 Å². The molecule has 0 spiro atoms. The van der Waals surface area contributed by atoms with Crippen LogP contribution in [0.25, 0.3) is 0 Å². The molecule has 1 amide bonds. The summed E-state index contributed by atoms with van der Waals surface area (Å²) in [6.07, 6.45) is 0. The molecule has 0 atom stereocenters. The third-order valence-electron chi connectivity index (χ3n) is 2.63. The largest absolute Gasteiger partial charge is 0.507 e. The molecule has 2 rings (SSSR count). The van der Waals surface area contributed by atoms with E-state index >= 15 is 0 Å². The topological polar surface area (TPSA) is 58.6 Å². The second-order valence-electron chi connectivity index (χ2n) is 3.96. The lowest BCUT2D eigenvalue weighted by Crippen LogP contribution is -2.13. The van der Waals surface area contributed by atoms with Gasteiger partial charge in [0, 0.05) is 11.1 Å². The molecule has 6 heteroatoms. The monoisotopic (exact) mass is 295 g/mol. The summed E-state index contributed by atoms with van der Waals surface area (Å²) < 4.78 is 18.5. The van der Waals surface area contributed by atoms with E-state index in [-0.39, 0.29) is 17.0 Å². The Labute approximate surface area is 119 Å². The first-order chi connectivity index (χ1) is 9.51. The predicted octanol–water partition coefficient (Wildman–Crippen LogP) is 3.45. The Morgan fingerprint density at radius 1 is 1.30 bits per heavy atom. The Morgan fingerprint density at radius 2 is 2.05 bits per heavy atom. The van der Waals surface area contributed by atoms with Gasteiger partial charge in [0.05, 0.1) is 18.4 Å². The highest BCUT2D eigenvalue weighted by molar-refractivity contribution is 6.31. The van der Waals surface area contributed by atoms with Gasteiger partial charge in [0.25, 0.3) is 5.91 Å². The number of hydrogen-bond acceptors (Lipinski definition) is 3. The summed E-state index contributed by atoms with van der Waals surface area (Å²) in [6, 6.07) is 8.00. The number of rotatable bonds is 3. The van der Waals surface area contributed by atoms with Gasteiger partial charge in [-0.2, -0.15) is 0 Å². The normalized spacial score (nSPS) is 10.2. The first-order valence-corrected chi connectivity index (χ1v) is 6.02. The number of carbonyl (C=O) groups excluding carboxylic acids is 1. The average Bonchev–Trinajstić information content (AvgIpc) is 2.41. The Bertz CT molecular complexity index is 661. The number of phenolic OH excluding ortho intramolecular Hbond substituents is 1. The number of aromatic hydroxyl groups is 1. The third kappa shape index (κ3) is 3.00. The van der Waals surface area contributed by atoms with Crippen LogP contribution in [0.5, 0.6) is 11.5 Å². The van der Waals surface area contributed by atoms with Crippen LogP contribution in [0, 0.1) is 5.82 Å². The molecule has 0 radical (unpaired) electrons. The van der Waals surface area contributed by atoms with Crippen molar-refractivity contribution >= 4 is 23.2 Å². The van der Waals surface area contributed by atoms with Gasteiger partial charge < -0.3 is 15.2 Å². The second-order valence-corrected chi connectivity index (χ2v) is 4.40. The predicted molar refractivity (Wildman–Crippen MR) is 74.0 cm³/mol. The van der Waals surface area contributed by atoms with Gasteiger partial charge >= 0.3 is 0 Å². The van der Waals surface area contributed by atoms with Gasteiger partial charge in [-0.1, -0.05) is 11.6 Å². The molecule has 104 valence electrons. The number of phenols is 1. The molecule has 0 unspecified atom stereocenters. The van der Waals surface area contributed by atoms with Crippen LogP contribution in [0.2, 0.25) is 5.02 Å². The molecule has 0 saturated heterocycles. The average molecular weight is 296 g/mol. The minimum absolute atomic E-state index is 0.00313. The molecule has 20 heavy (non-hydrogen) atoms. The van der Waals surface area contributed by atoms with Crippen LogP contribution in [0.15, 0.2) is 36.4 Å². The van der Waals surface area contributed by atoms with Crippen molar-refractivity contribution in [2.75, 3.05) is 12.4 Å². The van der Waals surface area contributed by atoms with Gasteiger partial charge in [-0.05, 0) is 30.3 Å². The van der Waals surface area contributed by atoms with E-state index in [1.54, 1.807) is 0 Å². The van der Waals surface area contributed by atoms with Gasteiger partial charge in [0.1, 0.15) is 17.3 Å². The number of nitrogens with one attached hydrogen (secondary N) is 1. The zero-order valence-electron chi connectivity index (χ0n) is 10.5. The van der Waals surface area contributed by atoms with Crippen molar-refractivity contribution in [2.24, 2.45) is 0 Å². The van der Waals surface area contributed by atoms with E-state index < -0.39 is 11.7 Å². The number of anilines is 1. The summed E-state index contributed by atoms with van der Waals surface area (Å²) in [7, 11) is 1.43. The van der Waals surface area contributed by atoms with Crippen LogP contribution in [-0.2, 0) is 0 Å². The third-order valence-corrected chi connectivity index (χ3v) is 2.86. The molecule has 0 aromatic heterocycles. The molecule has 2 N–H and O–H groups in total. The number of hydrogen-bond donors (Lipinski definition) is 2. The van der Waals surface area contributed by atoms with Crippen molar-refractivity contribution in [1.29, 1.82) is 0 Å². The number of benzene rings is 2. The molecule has 4 nitrogen and oxygen atoms in total. The number of amides is 1. The van der Waals surface area contributed by atoms with Crippen molar-refractivity contribution in [2.45, 2.75) is 0 Å². The summed E-state index contributed by atoms with van der Waals surface area (Å²) in [6.45, 7) is 0. The first-order valence-electron chi connectivity index (χ1n) is 5.64. The molecular formula is C14H11ClFNO3. The van der Waals surface area contributed by atoms with Crippen LogP contribution in [0.3, 0.4) is 0 Å². The van der Waals surface area contributed by atoms with Crippen LogP contribution in [-0.4, -0.2) is 18.1 Å². The van der Waals surface area contributed by atoms with Gasteiger partial charge in [-0.3, -0.25) is 4.79 Å². The highest BCUT2D eigenvalue weighted by Gasteiger charge is 2.14. The highest BCUT2D eigenvalue weighted by atomic mass is 35.5. The molecular weight excluding hydrogens is 285 g/mol. The van der Waals surface area contributed by atoms with Crippen LogP contribution in [0.4, 0.5) is 10.1 Å². The maximum atomic E-state index is 13.6. The number of halogens is 2. The standard InChI is InChI=1S/C14H11ClFNO3/c1-20-9-3-5-11(16)12(7-9)17-14(19)10-4-2-8(15)6-13(10)18/h2-7,18H,1H3,(H,17,19). The smallest absolute Gasteiger partial charge is 0.259 e. The molecule has 2 aromatic rings. The van der Waals surface area contributed by atoms with Crippen molar-refractivity contribution < 1.29 is 19.0 Å². The number of carbonyl (C=O) groups is 1. The molecule has 0 aliphatic rings. The summed E-state index contributed by atoms with van der Waals surface area (Å²) >= 11 is 5.68. The fourth-order valence-electron chi connectivity index (χ4n) is 1.61. The zero-order chi connectivity index (χ0) is 14.7. The van der Waals surface area contributed by atoms with Gasteiger partial charge in [-0.25, -0.2) is 4.39 Å². The van der Waals surface area contributed by atoms with Gasteiger partial charge in [0.2, 0.25) is 0 Å². The van der Waals surface area contributed by atoms with E-state index in [1.165, 1.54) is 43.5 Å². The molecule has 0 aliphatic heterocycles. The van der Waals surface area contributed by atoms with Gasteiger partial charge in [0.15, 0.2) is 0 Å². The Balaban J connectivity index is 2.27. The molecule has 0 heterocycles. The minimum atomic E-state index is -0.647. The molecule has 0 aliphatic carbocycles. The van der Waals surface area contributed by atoms with Crippen molar-refractivity contribution in [3.05, 3.63) is 52.8 Å². The molecule has 2 aromatic carbocycles. The van der Waals surface area contributed by atoms with Crippen LogP contribution < -0.4 is 10.1 Å². The first kappa shape index (κ1) is 14.1. The number of methoxy groups -OCH3 is 1. The fourth-order valence-corrected chi connectivity index (χ4v) is 1.78. The van der Waals surface area contributed by atoms with E-state index in [9.17, 15) is 14.3 Å². The Morgan fingerprint density at radius 3 is 2.70 bits per heavy atom. The van der Waals surface area contributed by atoms with E-state index in [1.807, 2.05) is 0 Å². The summed E-state index contributed by atoms with van der Waals surface area (Å²) in [5.74, 6) is -1.13. The van der Waals surface area contributed by atoms with Crippen LogP contribution in [0.1, 0.15) is 10.4 Å². The lowest BCUT2D eigenvalue weighted by atomic mass is 10.2. The summed E-state index contributed by atoms with van der Waals surface area (Å²) in [4.78, 5) is 12.0. The second kappa shape index (κ2) is 5.79. The Hall–Kier alpha value is -2.27. The van der Waals surface area contributed by atoms with Crippen LogP contribution >= 0.6 is 11.6 Å². The minimum Gasteiger partial charge on any atom is -0.507 e. The number of ether oxygens (including phenoxy) is 1. The Kier molecular flexibility index (Phi) is 4.10. The van der Waals surface area contributed by atoms with Crippen molar-refractivity contribution in [3.63, 3.8) is 0 Å². The quantitative estimate of drug-likeness (QED) is 0.912. The van der Waals surface area contributed by atoms with E-state index in [0.29, 0.717) is 10.8 Å². The molecule has 0 bridgehead atoms. The SMILES string of the molecule is COc1ccc(F)c(NC(=O)c2ccc(Cl)cc2O)c1.